The zero-order valence-corrected chi connectivity index (χ0v) is 23.2. The van der Waals surface area contributed by atoms with Gasteiger partial charge in [-0.2, -0.15) is 0 Å². The third-order valence-corrected chi connectivity index (χ3v) is 7.06. The minimum atomic E-state index is -0.167. The van der Waals surface area contributed by atoms with Crippen molar-refractivity contribution in [3.8, 4) is 28.7 Å². The summed E-state index contributed by atoms with van der Waals surface area (Å²) in [5.41, 5.74) is 1.45. The number of amides is 1. The molecule has 1 amide bonds. The summed E-state index contributed by atoms with van der Waals surface area (Å²) in [5.74, 6) is 2.79. The molecule has 2 heterocycles. The lowest BCUT2D eigenvalue weighted by Crippen LogP contribution is -2.33. The van der Waals surface area contributed by atoms with Crippen molar-refractivity contribution in [2.45, 2.75) is 38.6 Å². The van der Waals surface area contributed by atoms with Crippen LogP contribution in [0, 0.1) is 0 Å². The summed E-state index contributed by atoms with van der Waals surface area (Å²) in [6.07, 6.45) is 4.74. The van der Waals surface area contributed by atoms with Crippen LogP contribution < -0.4 is 24.3 Å². The van der Waals surface area contributed by atoms with Gasteiger partial charge >= 0.3 is 0 Å². The first kappa shape index (κ1) is 27.4. The number of para-hydroxylation sites is 2. The van der Waals surface area contributed by atoms with Crippen LogP contribution in [0.25, 0.3) is 0 Å². The molecule has 39 heavy (non-hydrogen) atoms. The average molecular weight is 572 g/mol. The zero-order valence-electron chi connectivity index (χ0n) is 21.7. The molecule has 0 aromatic heterocycles. The number of hydrogen-bond donors (Lipinski definition) is 1. The predicted octanol–water partition coefficient (Wildman–Crippen LogP) is 7.34. The van der Waals surface area contributed by atoms with E-state index in [0.717, 1.165) is 44.2 Å². The normalized spacial score (nSPS) is 17.0. The van der Waals surface area contributed by atoms with Gasteiger partial charge in [0.15, 0.2) is 28.7 Å². The van der Waals surface area contributed by atoms with Gasteiger partial charge in [-0.1, -0.05) is 48.2 Å². The quantitative estimate of drug-likeness (QED) is 0.347. The smallest absolute Gasteiger partial charge is 0.238 e. The van der Waals surface area contributed by atoms with Crippen LogP contribution in [0.4, 0.5) is 5.69 Å². The van der Waals surface area contributed by atoms with Gasteiger partial charge in [0, 0.05) is 18.0 Å². The van der Waals surface area contributed by atoms with Gasteiger partial charge in [0.05, 0.1) is 37.1 Å². The Morgan fingerprint density at radius 3 is 2.44 bits per heavy atom. The number of carbonyl (C=O) groups excluding carboxylic acids is 1. The molecule has 206 valence electrons. The van der Waals surface area contributed by atoms with Crippen LogP contribution in [-0.4, -0.2) is 43.7 Å². The highest BCUT2D eigenvalue weighted by Gasteiger charge is 2.19. The van der Waals surface area contributed by atoms with Gasteiger partial charge in [-0.05, 0) is 67.4 Å². The van der Waals surface area contributed by atoms with Crippen LogP contribution in [0.5, 0.6) is 28.7 Å². The molecule has 0 saturated heterocycles. The molecule has 2 aliphatic heterocycles. The summed E-state index contributed by atoms with van der Waals surface area (Å²) in [5, 5.41) is 4.01. The summed E-state index contributed by atoms with van der Waals surface area (Å²) in [4.78, 5) is 15.4. The summed E-state index contributed by atoms with van der Waals surface area (Å²) in [6.45, 7) is 3.24. The maximum atomic E-state index is 13.3. The Bertz CT molecular complexity index is 1300. The van der Waals surface area contributed by atoms with E-state index in [0.29, 0.717) is 70.8 Å². The van der Waals surface area contributed by atoms with E-state index < -0.39 is 0 Å². The first-order chi connectivity index (χ1) is 19.0. The summed E-state index contributed by atoms with van der Waals surface area (Å²) < 4.78 is 23.9. The van der Waals surface area contributed by atoms with Crippen molar-refractivity contribution >= 4 is 34.8 Å². The molecule has 0 radical (unpaired) electrons. The number of hydrogen-bond acceptors (Lipinski definition) is 6. The number of rotatable bonds is 2. The molecule has 1 N–H and O–H groups in total. The fraction of sp³-hybridized carbons (Fsp3) is 0.367. The molecule has 0 atom stereocenters. The molecule has 3 aromatic rings. The van der Waals surface area contributed by atoms with Crippen LogP contribution in [-0.2, 0) is 11.3 Å². The molecular formula is C30H32Cl2N2O5. The monoisotopic (exact) mass is 570 g/mol. The third kappa shape index (κ3) is 7.50. The Morgan fingerprint density at radius 2 is 1.54 bits per heavy atom. The second-order valence-corrected chi connectivity index (χ2v) is 10.5. The molecule has 9 heteroatoms. The number of nitrogens with one attached hydrogen (secondary N) is 1. The molecule has 3 aromatic carbocycles. The lowest BCUT2D eigenvalue weighted by Gasteiger charge is -2.23. The molecule has 0 unspecified atom stereocenters. The first-order valence-corrected chi connectivity index (χ1v) is 14.1. The SMILES string of the molecule is O=C1CN(Cc2cc(Cl)c3c(c2)OCCCO3)CCCCCCOc2ccccc2Oc2ccc(Cl)cc2N1. The second-order valence-electron chi connectivity index (χ2n) is 9.67. The van der Waals surface area contributed by atoms with Crippen molar-refractivity contribution in [1.29, 1.82) is 0 Å². The van der Waals surface area contributed by atoms with Crippen molar-refractivity contribution in [1.82, 2.24) is 4.90 Å². The molecule has 0 aliphatic carbocycles. The molecule has 0 fully saturated rings. The van der Waals surface area contributed by atoms with Crippen molar-refractivity contribution in [2.24, 2.45) is 0 Å². The van der Waals surface area contributed by atoms with Gasteiger partial charge < -0.3 is 24.3 Å². The summed E-state index contributed by atoms with van der Waals surface area (Å²) in [7, 11) is 0. The minimum Gasteiger partial charge on any atom is -0.490 e. The van der Waals surface area contributed by atoms with E-state index in [-0.39, 0.29) is 12.5 Å². The fourth-order valence-electron chi connectivity index (χ4n) is 4.67. The number of carbonyl (C=O) groups is 1. The number of ether oxygens (including phenoxy) is 4. The van der Waals surface area contributed by atoms with Gasteiger partial charge in [-0.15, -0.1) is 0 Å². The minimum absolute atomic E-state index is 0.167. The average Bonchev–Trinajstić information content (AvgIpc) is 3.16. The van der Waals surface area contributed by atoms with Gasteiger partial charge in [0.25, 0.3) is 0 Å². The van der Waals surface area contributed by atoms with Crippen LogP contribution in [0.1, 0.15) is 37.7 Å². The van der Waals surface area contributed by atoms with Crippen molar-refractivity contribution < 1.29 is 23.7 Å². The van der Waals surface area contributed by atoms with E-state index in [1.165, 1.54) is 0 Å². The highest BCUT2D eigenvalue weighted by atomic mass is 35.5. The van der Waals surface area contributed by atoms with E-state index in [2.05, 4.69) is 10.2 Å². The van der Waals surface area contributed by atoms with E-state index >= 15 is 0 Å². The Morgan fingerprint density at radius 1 is 0.769 bits per heavy atom. The van der Waals surface area contributed by atoms with E-state index in [1.807, 2.05) is 36.4 Å². The molecule has 0 saturated carbocycles. The number of benzene rings is 3. The molecule has 7 nitrogen and oxygen atoms in total. The van der Waals surface area contributed by atoms with Crippen LogP contribution in [0.15, 0.2) is 54.6 Å². The highest BCUT2D eigenvalue weighted by molar-refractivity contribution is 6.32. The van der Waals surface area contributed by atoms with Gasteiger partial charge in [-0.25, -0.2) is 0 Å². The second kappa shape index (κ2) is 13.3. The highest BCUT2D eigenvalue weighted by Crippen LogP contribution is 2.39. The van der Waals surface area contributed by atoms with Gasteiger partial charge in [0.2, 0.25) is 5.91 Å². The standard InChI is InChI=1S/C30H32Cl2N2O5/c31-22-10-11-25-24(18-22)33-29(35)20-34(19-21-16-23(32)30-28(17-21)37-14-7-15-38-30)12-5-1-2-6-13-36-26-8-3-4-9-27(26)39-25/h3-4,8-11,16-18H,1-2,5-7,12-15,19-20H2,(H,33,35). The van der Waals surface area contributed by atoms with Crippen molar-refractivity contribution in [3.05, 3.63) is 70.2 Å². The van der Waals surface area contributed by atoms with E-state index in [9.17, 15) is 4.79 Å². The van der Waals surface area contributed by atoms with Gasteiger partial charge in [-0.3, -0.25) is 9.69 Å². The number of anilines is 1. The van der Waals surface area contributed by atoms with E-state index in [1.54, 1.807) is 18.2 Å². The largest absolute Gasteiger partial charge is 0.490 e. The van der Waals surface area contributed by atoms with Crippen LogP contribution >= 0.6 is 23.2 Å². The Kier molecular flexibility index (Phi) is 9.35. The maximum absolute atomic E-state index is 13.3. The number of fused-ring (bicyclic) bond motifs is 3. The maximum Gasteiger partial charge on any atom is 0.238 e. The Labute approximate surface area is 238 Å². The van der Waals surface area contributed by atoms with Crippen molar-refractivity contribution in [2.75, 3.05) is 38.2 Å². The van der Waals surface area contributed by atoms with Crippen LogP contribution in [0.3, 0.4) is 0 Å². The topological polar surface area (TPSA) is 69.3 Å². The Hall–Kier alpha value is -3.13. The van der Waals surface area contributed by atoms with Crippen LogP contribution in [0.2, 0.25) is 10.0 Å². The van der Waals surface area contributed by atoms with Crippen molar-refractivity contribution in [3.63, 3.8) is 0 Å². The third-order valence-electron chi connectivity index (χ3n) is 6.55. The van der Waals surface area contributed by atoms with Gasteiger partial charge in [0.1, 0.15) is 0 Å². The summed E-state index contributed by atoms with van der Waals surface area (Å²) >= 11 is 12.8. The Balaban J connectivity index is 1.37. The number of halogens is 2. The molecule has 0 spiro atoms. The first-order valence-electron chi connectivity index (χ1n) is 13.3. The summed E-state index contributed by atoms with van der Waals surface area (Å²) in [6, 6.07) is 16.6. The molecule has 2 aliphatic rings. The molecule has 0 bridgehead atoms. The zero-order chi connectivity index (χ0) is 27.0. The molecule has 5 rings (SSSR count). The van der Waals surface area contributed by atoms with E-state index in [4.69, 9.17) is 42.1 Å². The number of nitrogens with zero attached hydrogens (tertiary/aromatic N) is 1. The fourth-order valence-corrected chi connectivity index (χ4v) is 5.13. The lowest BCUT2D eigenvalue weighted by atomic mass is 10.1. The lowest BCUT2D eigenvalue weighted by molar-refractivity contribution is -0.117. The predicted molar refractivity (Wildman–Crippen MR) is 153 cm³/mol. The molecular weight excluding hydrogens is 539 g/mol.